The fourth-order valence-corrected chi connectivity index (χ4v) is 4.70. The van der Waals surface area contributed by atoms with Gasteiger partial charge < -0.3 is 14.6 Å². The van der Waals surface area contributed by atoms with Crippen molar-refractivity contribution >= 4 is 16.6 Å². The molecule has 0 radical (unpaired) electrons. The van der Waals surface area contributed by atoms with Crippen LogP contribution in [-0.2, 0) is 13.0 Å². The number of rotatable bonds is 2. The summed E-state index contributed by atoms with van der Waals surface area (Å²) in [6.07, 6.45) is 1.51. The van der Waals surface area contributed by atoms with Crippen molar-refractivity contribution in [2.75, 3.05) is 31.1 Å². The van der Waals surface area contributed by atoms with Gasteiger partial charge in [-0.05, 0) is 43.2 Å². The van der Waals surface area contributed by atoms with Crippen LogP contribution < -0.4 is 15.2 Å². The quantitative estimate of drug-likeness (QED) is 0.678. The van der Waals surface area contributed by atoms with E-state index in [4.69, 9.17) is 4.74 Å². The van der Waals surface area contributed by atoms with Crippen molar-refractivity contribution in [1.82, 2.24) is 9.88 Å². The van der Waals surface area contributed by atoms with Gasteiger partial charge in [0.15, 0.2) is 0 Å². The van der Waals surface area contributed by atoms with Crippen LogP contribution in [0.2, 0.25) is 0 Å². The minimum Gasteiger partial charge on any atom is -0.493 e. The second-order valence-electron chi connectivity index (χ2n) is 8.33. The van der Waals surface area contributed by atoms with Crippen molar-refractivity contribution in [1.29, 1.82) is 0 Å². The number of hydrogen-bond acceptors (Lipinski definition) is 4. The van der Waals surface area contributed by atoms with Crippen LogP contribution in [0.5, 0.6) is 5.75 Å². The molecule has 7 heteroatoms. The van der Waals surface area contributed by atoms with Crippen LogP contribution in [0.4, 0.5) is 14.5 Å². The molecule has 2 aliphatic heterocycles. The van der Waals surface area contributed by atoms with Gasteiger partial charge in [0.05, 0.1) is 12.3 Å². The maximum Gasteiger partial charge on any atom is 0.251 e. The number of pyridine rings is 1. The van der Waals surface area contributed by atoms with Gasteiger partial charge in [-0.15, -0.1) is 0 Å². The molecule has 0 bridgehead atoms. The number of aromatic amines is 1. The van der Waals surface area contributed by atoms with Crippen molar-refractivity contribution in [3.8, 4) is 5.75 Å². The van der Waals surface area contributed by atoms with Gasteiger partial charge >= 0.3 is 0 Å². The molecule has 1 N–H and O–H groups in total. The topological polar surface area (TPSA) is 48.6 Å². The minimum absolute atomic E-state index is 0.0467. The molecule has 1 saturated heterocycles. The lowest BCUT2D eigenvalue weighted by atomic mass is 10.0. The molecule has 31 heavy (non-hydrogen) atoms. The zero-order chi connectivity index (χ0) is 21.5. The molecule has 2 aromatic carbocycles. The Morgan fingerprint density at radius 1 is 1.16 bits per heavy atom. The molecular formula is C24H25F2N3O2. The highest BCUT2D eigenvalue weighted by Crippen LogP contribution is 2.31. The van der Waals surface area contributed by atoms with Gasteiger partial charge in [-0.3, -0.25) is 9.69 Å². The second kappa shape index (κ2) is 7.96. The van der Waals surface area contributed by atoms with Gasteiger partial charge in [0.2, 0.25) is 0 Å². The maximum absolute atomic E-state index is 14.3. The van der Waals surface area contributed by atoms with E-state index in [1.165, 1.54) is 12.1 Å². The lowest BCUT2D eigenvalue weighted by molar-refractivity contribution is 0.126. The van der Waals surface area contributed by atoms with E-state index >= 15 is 0 Å². The van der Waals surface area contributed by atoms with Gasteiger partial charge in [0.1, 0.15) is 17.4 Å². The van der Waals surface area contributed by atoms with Crippen molar-refractivity contribution in [3.05, 3.63) is 69.5 Å². The molecule has 5 rings (SSSR count). The number of aryl methyl sites for hydroxylation is 1. The molecule has 3 aromatic rings. The van der Waals surface area contributed by atoms with E-state index in [0.717, 1.165) is 46.8 Å². The fraction of sp³-hybridized carbons (Fsp3) is 0.375. The molecule has 0 spiro atoms. The van der Waals surface area contributed by atoms with E-state index in [0.29, 0.717) is 38.3 Å². The number of halogens is 2. The van der Waals surface area contributed by atoms with E-state index in [1.807, 2.05) is 30.0 Å². The highest BCUT2D eigenvalue weighted by Gasteiger charge is 2.30. The number of anilines is 1. The Hall–Kier alpha value is -2.93. The molecule has 0 unspecified atom stereocenters. The first-order chi connectivity index (χ1) is 15.0. The second-order valence-corrected chi connectivity index (χ2v) is 8.33. The van der Waals surface area contributed by atoms with Crippen molar-refractivity contribution in [3.63, 3.8) is 0 Å². The van der Waals surface area contributed by atoms with Crippen molar-refractivity contribution in [2.45, 2.75) is 32.4 Å². The van der Waals surface area contributed by atoms with E-state index in [2.05, 4.69) is 9.88 Å². The van der Waals surface area contributed by atoms with Crippen molar-refractivity contribution in [2.24, 2.45) is 0 Å². The first-order valence-corrected chi connectivity index (χ1v) is 10.8. The van der Waals surface area contributed by atoms with Crippen molar-refractivity contribution < 1.29 is 13.5 Å². The third-order valence-corrected chi connectivity index (χ3v) is 6.42. The number of hydrogen-bond donors (Lipinski definition) is 1. The summed E-state index contributed by atoms with van der Waals surface area (Å²) in [6.45, 7) is 5.32. The Bertz CT molecular complexity index is 1190. The van der Waals surface area contributed by atoms with E-state index in [-0.39, 0.29) is 11.6 Å². The van der Waals surface area contributed by atoms with Crippen LogP contribution in [0.25, 0.3) is 10.9 Å². The number of H-pyrrole nitrogens is 1. The van der Waals surface area contributed by atoms with Crippen LogP contribution in [0.15, 0.2) is 41.2 Å². The molecule has 0 amide bonds. The maximum atomic E-state index is 14.3. The molecular weight excluding hydrogens is 400 g/mol. The van der Waals surface area contributed by atoms with Crippen LogP contribution in [0.1, 0.15) is 24.5 Å². The normalized spacial score (nSPS) is 19.3. The van der Waals surface area contributed by atoms with Crippen LogP contribution in [-0.4, -0.2) is 42.2 Å². The van der Waals surface area contributed by atoms with E-state index in [9.17, 15) is 13.6 Å². The number of nitrogens with one attached hydrogen (secondary N) is 1. The Morgan fingerprint density at radius 2 is 2.03 bits per heavy atom. The highest BCUT2D eigenvalue weighted by molar-refractivity contribution is 5.82. The van der Waals surface area contributed by atoms with Gasteiger partial charge in [-0.25, -0.2) is 8.78 Å². The molecule has 2 aliphatic rings. The monoisotopic (exact) mass is 425 g/mol. The Morgan fingerprint density at radius 3 is 2.84 bits per heavy atom. The molecule has 0 saturated carbocycles. The Kier molecular flexibility index (Phi) is 5.14. The number of benzene rings is 2. The predicted molar refractivity (Wildman–Crippen MR) is 117 cm³/mol. The zero-order valence-corrected chi connectivity index (χ0v) is 17.5. The minimum atomic E-state index is -0.563. The third-order valence-electron chi connectivity index (χ3n) is 6.42. The lowest BCUT2D eigenvalue weighted by Gasteiger charge is -2.43. The molecule has 162 valence electrons. The summed E-state index contributed by atoms with van der Waals surface area (Å²) in [7, 11) is 0. The summed E-state index contributed by atoms with van der Waals surface area (Å²) in [5, 5.41) is 0.976. The van der Waals surface area contributed by atoms with Crippen LogP contribution >= 0.6 is 0 Å². The molecule has 1 aromatic heterocycles. The molecule has 1 fully saturated rings. The smallest absolute Gasteiger partial charge is 0.251 e. The molecule has 0 aliphatic carbocycles. The Balaban J connectivity index is 1.42. The number of ether oxygens (including phenoxy) is 1. The first-order valence-electron chi connectivity index (χ1n) is 10.8. The number of nitrogens with zero attached hydrogens (tertiary/aromatic N) is 2. The standard InChI is InChI=1S/C24H25F2N3O2/c1-2-15-9-16-11-23-17(10-21(16)27-24(15)30)13-28-6-7-29(14-19(28)5-8-31-23)22-4-3-18(25)12-20(22)26/h3-4,9-12,19H,2,5-8,13-14H2,1H3,(H,27,30)/t19-/m0/s1. The van der Waals surface area contributed by atoms with E-state index < -0.39 is 11.6 Å². The average molecular weight is 425 g/mol. The van der Waals surface area contributed by atoms with Crippen LogP contribution in [0, 0.1) is 11.6 Å². The third kappa shape index (κ3) is 3.78. The summed E-state index contributed by atoms with van der Waals surface area (Å²) in [5.41, 5.74) is 3.02. The average Bonchev–Trinajstić information content (AvgIpc) is 2.73. The summed E-state index contributed by atoms with van der Waals surface area (Å²) < 4.78 is 33.7. The predicted octanol–water partition coefficient (Wildman–Crippen LogP) is 3.84. The SMILES string of the molecule is CCc1cc2cc3c(cc2[nH]c1=O)CN1CCN(c2ccc(F)cc2F)C[C@@H]1CCO3. The van der Waals surface area contributed by atoms with Gasteiger partial charge in [0, 0.05) is 60.3 Å². The van der Waals surface area contributed by atoms with Gasteiger partial charge in [-0.2, -0.15) is 0 Å². The van der Waals surface area contributed by atoms with E-state index in [1.54, 1.807) is 0 Å². The first kappa shape index (κ1) is 20.0. The largest absolute Gasteiger partial charge is 0.493 e. The summed E-state index contributed by atoms with van der Waals surface area (Å²) in [4.78, 5) is 19.6. The zero-order valence-electron chi connectivity index (χ0n) is 17.5. The van der Waals surface area contributed by atoms with Gasteiger partial charge in [-0.1, -0.05) is 6.92 Å². The van der Waals surface area contributed by atoms with Crippen LogP contribution in [0.3, 0.4) is 0 Å². The van der Waals surface area contributed by atoms with Gasteiger partial charge in [0.25, 0.3) is 5.56 Å². The fourth-order valence-electron chi connectivity index (χ4n) is 4.70. The number of piperazine rings is 1. The molecule has 1 atom stereocenters. The highest BCUT2D eigenvalue weighted by atomic mass is 19.1. The number of aromatic nitrogens is 1. The lowest BCUT2D eigenvalue weighted by Crippen LogP contribution is -2.53. The molecule has 5 nitrogen and oxygen atoms in total. The number of fused-ring (bicyclic) bond motifs is 3. The summed E-state index contributed by atoms with van der Waals surface area (Å²) in [6, 6.07) is 9.93. The summed E-state index contributed by atoms with van der Waals surface area (Å²) >= 11 is 0. The molecule has 3 heterocycles. The Labute approximate surface area is 179 Å². The summed E-state index contributed by atoms with van der Waals surface area (Å²) in [5.74, 6) is -0.234.